The van der Waals surface area contributed by atoms with E-state index in [2.05, 4.69) is 44.7 Å². The van der Waals surface area contributed by atoms with Crippen molar-refractivity contribution in [1.82, 2.24) is 9.44 Å². The number of aliphatic imine (C=N–C) groups is 2. The average molecular weight is 301 g/mol. The van der Waals surface area contributed by atoms with Crippen molar-refractivity contribution in [3.63, 3.8) is 0 Å². The minimum atomic E-state index is 0.360. The van der Waals surface area contributed by atoms with Gasteiger partial charge in [0.1, 0.15) is 0 Å². The normalized spacial score (nSPS) is 12.6. The van der Waals surface area contributed by atoms with Crippen LogP contribution in [0.4, 0.5) is 0 Å². The van der Waals surface area contributed by atoms with Gasteiger partial charge in [0.2, 0.25) is 0 Å². The van der Waals surface area contributed by atoms with Crippen LogP contribution in [0.1, 0.15) is 0 Å². The molecule has 0 fully saturated rings. The summed E-state index contributed by atoms with van der Waals surface area (Å²) in [5.74, 6) is 2.06. The summed E-state index contributed by atoms with van der Waals surface area (Å²) in [7, 11) is 2.54. The van der Waals surface area contributed by atoms with Crippen LogP contribution in [0.5, 0.6) is 0 Å². The van der Waals surface area contributed by atoms with Crippen LogP contribution in [0.3, 0.4) is 0 Å². The average Bonchev–Trinajstić information content (AvgIpc) is 2.29. The van der Waals surface area contributed by atoms with E-state index in [0.717, 1.165) is 0 Å². The first-order valence-electron chi connectivity index (χ1n) is 4.36. The van der Waals surface area contributed by atoms with Gasteiger partial charge in [-0.05, 0) is 0 Å². The predicted molar refractivity (Wildman–Crippen MR) is 82.1 cm³/mol. The zero-order chi connectivity index (χ0) is 12.2. The number of rotatable bonds is 7. The Balaban J connectivity index is 3.52. The Kier molecular flexibility index (Phi) is 11.4. The number of guanidine groups is 2. The van der Waals surface area contributed by atoms with Crippen molar-refractivity contribution in [2.75, 3.05) is 24.6 Å². The van der Waals surface area contributed by atoms with Crippen molar-refractivity contribution < 1.29 is 0 Å². The second-order valence-electron chi connectivity index (χ2n) is 2.35. The first-order valence-corrected chi connectivity index (χ1v) is 7.78. The van der Waals surface area contributed by atoms with Gasteiger partial charge in [0.25, 0.3) is 0 Å². The predicted octanol–water partition coefficient (Wildman–Crippen LogP) is -0.134. The van der Waals surface area contributed by atoms with Gasteiger partial charge in [-0.3, -0.25) is 19.4 Å². The number of hydrogen-bond donors (Lipinski definition) is 6. The molecule has 0 bridgehead atoms. The zero-order valence-electron chi connectivity index (χ0n) is 8.59. The Labute approximate surface area is 114 Å². The second kappa shape index (κ2) is 11.4. The lowest BCUT2D eigenvalue weighted by Gasteiger charge is -2.04. The molecule has 0 aromatic carbocycles. The van der Waals surface area contributed by atoms with Gasteiger partial charge in [-0.1, -0.05) is 0 Å². The van der Waals surface area contributed by atoms with Crippen LogP contribution in [0.15, 0.2) is 9.98 Å². The molecule has 0 rings (SSSR count). The molecule has 6 N–H and O–H groups in total. The molecule has 10 heteroatoms. The van der Waals surface area contributed by atoms with Gasteiger partial charge in [0.05, 0.1) is 13.1 Å². The lowest BCUT2D eigenvalue weighted by atomic mass is 10.8. The summed E-state index contributed by atoms with van der Waals surface area (Å²) in [5.41, 5.74) is 11.1. The van der Waals surface area contributed by atoms with E-state index in [1.165, 1.54) is 22.0 Å². The molecule has 6 nitrogen and oxygen atoms in total. The Morgan fingerprint density at radius 3 is 1.62 bits per heavy atom. The highest BCUT2D eigenvalue weighted by atomic mass is 33.1. The minimum Gasteiger partial charge on any atom is -0.369 e. The first kappa shape index (κ1) is 15.9. The summed E-state index contributed by atoms with van der Waals surface area (Å²) in [6, 6.07) is 0. The van der Waals surface area contributed by atoms with Gasteiger partial charge < -0.3 is 11.5 Å². The van der Waals surface area contributed by atoms with Crippen LogP contribution in [0, 0.1) is 0 Å². The second-order valence-corrected chi connectivity index (χ2v) is 4.99. The van der Waals surface area contributed by atoms with Crippen LogP contribution >= 0.6 is 47.2 Å². The third kappa shape index (κ3) is 10.5. The molecule has 0 radical (unpaired) electrons. The maximum absolute atomic E-state index is 5.53. The van der Waals surface area contributed by atoms with Crippen LogP contribution in [0.25, 0.3) is 0 Å². The van der Waals surface area contributed by atoms with Crippen molar-refractivity contribution in [2.24, 2.45) is 21.5 Å². The van der Waals surface area contributed by atoms with Gasteiger partial charge in [0, 0.05) is 33.5 Å². The van der Waals surface area contributed by atoms with E-state index in [1.807, 2.05) is 0 Å². The summed E-state index contributed by atoms with van der Waals surface area (Å²) in [6.07, 6.45) is 0. The molecule has 0 aliphatic rings. The van der Waals surface area contributed by atoms with Gasteiger partial charge in [0.15, 0.2) is 11.9 Å². The van der Waals surface area contributed by atoms with Crippen LogP contribution in [-0.2, 0) is 0 Å². The Morgan fingerprint density at radius 1 is 0.938 bits per heavy atom. The van der Waals surface area contributed by atoms with Crippen molar-refractivity contribution in [1.29, 1.82) is 0 Å². The molecule has 16 heavy (non-hydrogen) atoms. The van der Waals surface area contributed by atoms with Crippen LogP contribution < -0.4 is 20.9 Å². The number of nitrogens with zero attached hydrogens (tertiary/aromatic N) is 2. The van der Waals surface area contributed by atoms with Crippen LogP contribution in [-0.4, -0.2) is 36.5 Å². The molecular weight excluding hydrogens is 284 g/mol. The number of nitrogens with two attached hydrogens (primary N) is 2. The summed E-state index contributed by atoms with van der Waals surface area (Å²) >= 11 is 8.02. The largest absolute Gasteiger partial charge is 0.369 e. The van der Waals surface area contributed by atoms with Crippen LogP contribution in [0.2, 0.25) is 0 Å². The molecule has 0 aromatic rings. The number of nitrogens with one attached hydrogen (secondary N) is 2. The first-order chi connectivity index (χ1) is 7.70. The fraction of sp³-hybridized carbons (Fsp3) is 0.667. The van der Waals surface area contributed by atoms with Crippen molar-refractivity contribution in [3.8, 4) is 0 Å². The fourth-order valence-electron chi connectivity index (χ4n) is 0.532. The molecule has 0 unspecified atom stereocenters. The molecule has 0 saturated heterocycles. The number of thiol groups is 2. The maximum atomic E-state index is 5.53. The topological polar surface area (TPSA) is 101 Å². The van der Waals surface area contributed by atoms with E-state index >= 15 is 0 Å². The van der Waals surface area contributed by atoms with E-state index in [-0.39, 0.29) is 0 Å². The van der Waals surface area contributed by atoms with E-state index < -0.39 is 0 Å². The van der Waals surface area contributed by atoms with E-state index in [1.54, 1.807) is 0 Å². The molecule has 94 valence electrons. The Morgan fingerprint density at radius 2 is 1.31 bits per heavy atom. The van der Waals surface area contributed by atoms with Gasteiger partial charge in [-0.25, -0.2) is 0 Å². The molecule has 0 aromatic heterocycles. The highest BCUT2D eigenvalue weighted by Crippen LogP contribution is 2.10. The van der Waals surface area contributed by atoms with Gasteiger partial charge >= 0.3 is 0 Å². The lowest BCUT2D eigenvalue weighted by molar-refractivity contribution is 1.12. The molecule has 0 saturated carbocycles. The molecule has 0 heterocycles. The van der Waals surface area contributed by atoms with Gasteiger partial charge in [-0.2, -0.15) is 25.3 Å². The van der Waals surface area contributed by atoms with Crippen molar-refractivity contribution >= 4 is 59.1 Å². The summed E-state index contributed by atoms with van der Waals surface area (Å²) in [6.45, 7) is 1.18. The molecular formula is C6H16N6S4. The molecule has 0 aliphatic heterocycles. The zero-order valence-corrected chi connectivity index (χ0v) is 12.0. The monoisotopic (exact) mass is 300 g/mol. The minimum absolute atomic E-state index is 0.360. The molecule has 0 atom stereocenters. The SMILES string of the molecule is NC(=NCCS)NSSNC(N)=NCCS. The smallest absolute Gasteiger partial charge is 0.199 e. The summed E-state index contributed by atoms with van der Waals surface area (Å²) in [4.78, 5) is 7.96. The number of hydrogen-bond acceptors (Lipinski definition) is 6. The standard InChI is InChI=1S/C6H16N6S4/c7-5(9-1-3-13)11-15-16-12-6(8)10-2-4-14/h13-14H,1-4H2,(H3,7,9,11)(H3,8,10,12). The highest BCUT2D eigenvalue weighted by Gasteiger charge is 1.94. The summed E-state index contributed by atoms with van der Waals surface area (Å²) < 4.78 is 5.63. The Hall–Kier alpha value is -0.0600. The quantitative estimate of drug-likeness (QED) is 0.0978. The van der Waals surface area contributed by atoms with Crippen molar-refractivity contribution in [2.45, 2.75) is 0 Å². The summed E-state index contributed by atoms with van der Waals surface area (Å²) in [5, 5.41) is 0. The van der Waals surface area contributed by atoms with Crippen molar-refractivity contribution in [3.05, 3.63) is 0 Å². The fourth-order valence-corrected chi connectivity index (χ4v) is 1.88. The lowest BCUT2D eigenvalue weighted by Crippen LogP contribution is -2.29. The molecule has 0 spiro atoms. The van der Waals surface area contributed by atoms with E-state index in [0.29, 0.717) is 36.5 Å². The third-order valence-corrected chi connectivity index (χ3v) is 2.92. The van der Waals surface area contributed by atoms with E-state index in [9.17, 15) is 0 Å². The van der Waals surface area contributed by atoms with E-state index in [4.69, 9.17) is 11.5 Å². The van der Waals surface area contributed by atoms with Gasteiger partial charge in [-0.15, -0.1) is 0 Å². The molecule has 0 amide bonds. The Bertz CT molecular complexity index is 209. The third-order valence-electron chi connectivity index (χ3n) is 1.10. The highest BCUT2D eigenvalue weighted by molar-refractivity contribution is 8.75. The maximum Gasteiger partial charge on any atom is 0.199 e. The molecule has 0 aliphatic carbocycles.